The van der Waals surface area contributed by atoms with E-state index in [4.69, 9.17) is 0 Å². The Bertz CT molecular complexity index is 2370. The fourth-order valence-corrected chi connectivity index (χ4v) is 8.26. The van der Waals surface area contributed by atoms with E-state index in [9.17, 15) is 0 Å². The summed E-state index contributed by atoms with van der Waals surface area (Å²) in [5, 5.41) is 5.42. The van der Waals surface area contributed by atoms with Crippen LogP contribution in [0.5, 0.6) is 0 Å². The number of hydrogen-bond acceptors (Lipinski definition) is 1. The van der Waals surface area contributed by atoms with Crippen LogP contribution in [0, 0.1) is 0 Å². The number of rotatable bonds is 4. The van der Waals surface area contributed by atoms with E-state index in [2.05, 4.69) is 159 Å². The van der Waals surface area contributed by atoms with E-state index in [1.165, 1.54) is 66.1 Å². The van der Waals surface area contributed by atoms with Gasteiger partial charge in [-0.25, -0.2) is 0 Å². The maximum Gasteiger partial charge on any atom is 0.0701 e. The highest BCUT2D eigenvalue weighted by Gasteiger charge is 2.36. The van der Waals surface area contributed by atoms with Gasteiger partial charge in [-0.05, 0) is 120 Å². The third-order valence-electron chi connectivity index (χ3n) is 10.8. The third-order valence-corrected chi connectivity index (χ3v) is 10.8. The number of hydrogen-bond donors (Lipinski definition) is 0. The highest BCUT2D eigenvalue weighted by molar-refractivity contribution is 5.99. The van der Waals surface area contributed by atoms with Crippen LogP contribution < -0.4 is 0 Å². The Morgan fingerprint density at radius 2 is 1.35 bits per heavy atom. The minimum atomic E-state index is 0.115. The molecule has 0 spiro atoms. The van der Waals surface area contributed by atoms with Gasteiger partial charge < -0.3 is 0 Å². The fraction of sp³-hybridized carbons (Fsp3) is 0.170. The number of fused-ring (bicyclic) bond motifs is 1. The van der Waals surface area contributed by atoms with Crippen LogP contribution in [0.2, 0.25) is 0 Å². The molecule has 0 bridgehead atoms. The molecule has 1 aromatic heterocycles. The summed E-state index contributed by atoms with van der Waals surface area (Å²) in [6.45, 7) is 7.00. The van der Waals surface area contributed by atoms with Gasteiger partial charge >= 0.3 is 0 Å². The van der Waals surface area contributed by atoms with Gasteiger partial charge in [-0.3, -0.25) is 4.98 Å². The zero-order valence-corrected chi connectivity index (χ0v) is 27.9. The highest BCUT2D eigenvalue weighted by Crippen LogP contribution is 2.53. The number of pyridine rings is 1. The molecule has 0 fully saturated rings. The van der Waals surface area contributed by atoms with Crippen LogP contribution in [0.1, 0.15) is 72.4 Å². The molecule has 0 radical (unpaired) electrons. The van der Waals surface area contributed by atoms with Gasteiger partial charge in [-0.15, -0.1) is 0 Å². The van der Waals surface area contributed by atoms with Crippen molar-refractivity contribution in [3.63, 3.8) is 0 Å². The molecule has 1 heterocycles. The Morgan fingerprint density at radius 1 is 0.604 bits per heavy atom. The first-order valence-electron chi connectivity index (χ1n) is 17.3. The van der Waals surface area contributed by atoms with E-state index in [0.29, 0.717) is 5.92 Å². The largest absolute Gasteiger partial charge is 0.256 e. The minimum absolute atomic E-state index is 0.115. The summed E-state index contributed by atoms with van der Waals surface area (Å²) in [6, 6.07) is 49.8. The molecular formula is C47H39N. The SMILES string of the molecule is CC(C)(C)c1cc2c3c4c(ccc3c1)C(c1cccc(-c3ccc5ccccc5c3)c1)=CC(c1ccc(-c3ccccn3)cc1)C4CC2. The summed E-state index contributed by atoms with van der Waals surface area (Å²) >= 11 is 0. The van der Waals surface area contributed by atoms with Crippen LogP contribution in [0.4, 0.5) is 0 Å². The van der Waals surface area contributed by atoms with E-state index in [-0.39, 0.29) is 11.3 Å². The van der Waals surface area contributed by atoms with Gasteiger partial charge in [0.15, 0.2) is 0 Å². The molecule has 6 aromatic carbocycles. The van der Waals surface area contributed by atoms with E-state index in [1.54, 1.807) is 5.56 Å². The molecule has 2 unspecified atom stereocenters. The van der Waals surface area contributed by atoms with Crippen molar-refractivity contribution in [1.29, 1.82) is 0 Å². The van der Waals surface area contributed by atoms with E-state index in [1.807, 2.05) is 12.3 Å². The Morgan fingerprint density at radius 3 is 2.17 bits per heavy atom. The lowest BCUT2D eigenvalue weighted by atomic mass is 9.65. The highest BCUT2D eigenvalue weighted by atomic mass is 14.7. The lowest BCUT2D eigenvalue weighted by Crippen LogP contribution is -2.22. The van der Waals surface area contributed by atoms with Crippen LogP contribution in [0.3, 0.4) is 0 Å². The maximum atomic E-state index is 4.61. The topological polar surface area (TPSA) is 12.9 Å². The Kier molecular flexibility index (Phi) is 6.73. The smallest absolute Gasteiger partial charge is 0.0701 e. The molecule has 48 heavy (non-hydrogen) atoms. The van der Waals surface area contributed by atoms with Crippen LogP contribution in [0.25, 0.3) is 49.5 Å². The van der Waals surface area contributed by atoms with Gasteiger partial charge in [0.2, 0.25) is 0 Å². The molecule has 0 N–H and O–H groups in total. The molecule has 2 aliphatic carbocycles. The Balaban J connectivity index is 1.22. The standard InChI is InChI=1S/C47H39N/c1-47(2,3)39-27-37-20-22-40-42(31-15-17-32(18-16-31)44-13-6-7-24-48-44)29-43(41-23-21-38(28-39)45(37)46(40)41)36-12-8-11-34(26-36)35-19-14-30-9-4-5-10-33(30)25-35/h4-19,21,23-29,40,42H,20,22H2,1-3H3. The summed E-state index contributed by atoms with van der Waals surface area (Å²) in [5.41, 5.74) is 14.7. The molecule has 2 aliphatic rings. The van der Waals surface area contributed by atoms with Gasteiger partial charge in [-0.1, -0.05) is 136 Å². The number of allylic oxidation sites excluding steroid dienone is 1. The maximum absolute atomic E-state index is 4.61. The molecule has 7 aromatic rings. The minimum Gasteiger partial charge on any atom is -0.256 e. The lowest BCUT2D eigenvalue weighted by Gasteiger charge is -2.38. The molecule has 1 nitrogen and oxygen atoms in total. The van der Waals surface area contributed by atoms with Gasteiger partial charge in [0.1, 0.15) is 0 Å². The second-order valence-corrected chi connectivity index (χ2v) is 14.7. The molecule has 0 aliphatic heterocycles. The van der Waals surface area contributed by atoms with Crippen LogP contribution >= 0.6 is 0 Å². The van der Waals surface area contributed by atoms with Crippen molar-refractivity contribution >= 4 is 27.1 Å². The summed E-state index contributed by atoms with van der Waals surface area (Å²) in [5.74, 6) is 0.723. The number of aromatic nitrogens is 1. The van der Waals surface area contributed by atoms with Crippen molar-refractivity contribution in [3.8, 4) is 22.4 Å². The molecule has 0 saturated heterocycles. The second kappa shape index (κ2) is 11.2. The second-order valence-electron chi connectivity index (χ2n) is 14.7. The molecule has 2 atom stereocenters. The number of aryl methyl sites for hydroxylation is 1. The summed E-state index contributed by atoms with van der Waals surface area (Å²) in [4.78, 5) is 4.61. The van der Waals surface area contributed by atoms with Crippen LogP contribution in [0.15, 0.2) is 146 Å². The van der Waals surface area contributed by atoms with Crippen LogP contribution in [-0.4, -0.2) is 4.98 Å². The van der Waals surface area contributed by atoms with Crippen molar-refractivity contribution < 1.29 is 0 Å². The van der Waals surface area contributed by atoms with E-state index >= 15 is 0 Å². The molecular weight excluding hydrogens is 579 g/mol. The first kappa shape index (κ1) is 28.9. The monoisotopic (exact) mass is 617 g/mol. The Hall–Kier alpha value is -5.27. The number of benzene rings is 6. The molecule has 0 amide bonds. The Labute approximate surface area is 283 Å². The first-order chi connectivity index (χ1) is 23.4. The van der Waals surface area contributed by atoms with Gasteiger partial charge in [0.05, 0.1) is 5.69 Å². The summed E-state index contributed by atoms with van der Waals surface area (Å²) in [6.07, 6.45) is 6.73. The van der Waals surface area contributed by atoms with Gasteiger partial charge in [0.25, 0.3) is 0 Å². The molecule has 0 saturated carbocycles. The lowest BCUT2D eigenvalue weighted by molar-refractivity contribution is 0.554. The summed E-state index contributed by atoms with van der Waals surface area (Å²) in [7, 11) is 0. The molecule has 1 heteroatoms. The predicted molar refractivity (Wildman–Crippen MR) is 203 cm³/mol. The predicted octanol–water partition coefficient (Wildman–Crippen LogP) is 12.3. The van der Waals surface area contributed by atoms with E-state index < -0.39 is 0 Å². The average Bonchev–Trinajstić information content (AvgIpc) is 3.13. The van der Waals surface area contributed by atoms with Crippen molar-refractivity contribution in [2.24, 2.45) is 0 Å². The van der Waals surface area contributed by atoms with Crippen LogP contribution in [-0.2, 0) is 11.8 Å². The number of nitrogens with zero attached hydrogens (tertiary/aromatic N) is 1. The van der Waals surface area contributed by atoms with Crippen molar-refractivity contribution in [3.05, 3.63) is 179 Å². The van der Waals surface area contributed by atoms with Crippen molar-refractivity contribution in [1.82, 2.24) is 4.98 Å². The zero-order chi connectivity index (χ0) is 32.4. The molecule has 9 rings (SSSR count). The fourth-order valence-electron chi connectivity index (χ4n) is 8.26. The third kappa shape index (κ3) is 4.88. The van der Waals surface area contributed by atoms with Gasteiger partial charge in [0, 0.05) is 17.7 Å². The van der Waals surface area contributed by atoms with Crippen molar-refractivity contribution in [2.75, 3.05) is 0 Å². The van der Waals surface area contributed by atoms with Gasteiger partial charge in [-0.2, -0.15) is 0 Å². The normalized spacial score (nSPS) is 17.0. The zero-order valence-electron chi connectivity index (χ0n) is 27.9. The first-order valence-corrected chi connectivity index (χ1v) is 17.3. The van der Waals surface area contributed by atoms with Crippen molar-refractivity contribution in [2.45, 2.75) is 50.9 Å². The average molecular weight is 618 g/mol. The van der Waals surface area contributed by atoms with E-state index in [0.717, 1.165) is 24.1 Å². The summed E-state index contributed by atoms with van der Waals surface area (Å²) < 4.78 is 0. The molecule has 232 valence electrons. The quantitative estimate of drug-likeness (QED) is 0.191.